The van der Waals surface area contributed by atoms with E-state index in [2.05, 4.69) is 15.9 Å². The fourth-order valence-electron chi connectivity index (χ4n) is 1.23. The van der Waals surface area contributed by atoms with Crippen LogP contribution in [-0.4, -0.2) is 16.2 Å². The molecule has 2 nitrogen and oxygen atoms in total. The predicted octanol–water partition coefficient (Wildman–Crippen LogP) is 2.72. The summed E-state index contributed by atoms with van der Waals surface area (Å²) in [7, 11) is 0. The number of carbonyl (C=O) groups is 1. The summed E-state index contributed by atoms with van der Waals surface area (Å²) in [6, 6.07) is 3.34. The number of hydrogen-bond acceptors (Lipinski definition) is 2. The summed E-state index contributed by atoms with van der Waals surface area (Å²) in [5.41, 5.74) is 2.09. The molecule has 4 heteroatoms. The van der Waals surface area contributed by atoms with E-state index in [1.165, 1.54) is 0 Å². The van der Waals surface area contributed by atoms with Crippen LogP contribution in [0.25, 0.3) is 0 Å². The Balaban J connectivity index is 3.21. The third-order valence-corrected chi connectivity index (χ3v) is 2.85. The van der Waals surface area contributed by atoms with Crippen LogP contribution >= 0.6 is 27.5 Å². The number of benzene rings is 1. The van der Waals surface area contributed by atoms with Gasteiger partial charge in [0.15, 0.2) is 5.78 Å². The number of Topliss-reactive ketones (excluding diaryl/α,β-unsaturated/α-hetero) is 1. The third kappa shape index (κ3) is 2.35. The summed E-state index contributed by atoms with van der Waals surface area (Å²) in [5, 5.41) is 9.66. The first-order chi connectivity index (χ1) is 6.60. The van der Waals surface area contributed by atoms with Crippen LogP contribution in [0.2, 0.25) is 5.02 Å². The van der Waals surface area contributed by atoms with Crippen molar-refractivity contribution in [1.82, 2.24) is 0 Å². The van der Waals surface area contributed by atoms with Crippen LogP contribution in [0.3, 0.4) is 0 Å². The second kappa shape index (κ2) is 4.91. The van der Waals surface area contributed by atoms with E-state index in [1.54, 1.807) is 12.1 Å². The van der Waals surface area contributed by atoms with E-state index in [0.29, 0.717) is 16.1 Å². The van der Waals surface area contributed by atoms with Crippen molar-refractivity contribution in [3.05, 3.63) is 33.8 Å². The predicted molar refractivity (Wildman–Crippen MR) is 60.2 cm³/mol. The topological polar surface area (TPSA) is 37.3 Å². The molecule has 0 aliphatic rings. The fraction of sp³-hybridized carbons (Fsp3) is 0.300. The monoisotopic (exact) mass is 276 g/mol. The molecule has 1 aromatic carbocycles. The number of carbonyl (C=O) groups excluding carboxylic acids is 1. The highest BCUT2D eigenvalue weighted by Crippen LogP contribution is 2.22. The highest BCUT2D eigenvalue weighted by molar-refractivity contribution is 9.09. The maximum Gasteiger partial charge on any atom is 0.173 e. The van der Waals surface area contributed by atoms with E-state index < -0.39 is 0 Å². The van der Waals surface area contributed by atoms with Gasteiger partial charge in [0.05, 0.1) is 11.9 Å². The Kier molecular flexibility index (Phi) is 4.11. The number of rotatable bonds is 3. The Morgan fingerprint density at radius 3 is 2.71 bits per heavy atom. The molecule has 0 heterocycles. The van der Waals surface area contributed by atoms with Crippen LogP contribution in [0.5, 0.6) is 0 Å². The molecule has 0 saturated carbocycles. The fourth-order valence-corrected chi connectivity index (χ4v) is 1.76. The van der Waals surface area contributed by atoms with Crippen molar-refractivity contribution in [2.75, 3.05) is 5.33 Å². The molecule has 0 radical (unpaired) electrons. The van der Waals surface area contributed by atoms with Gasteiger partial charge in [0, 0.05) is 10.6 Å². The number of alkyl halides is 1. The van der Waals surface area contributed by atoms with Crippen LogP contribution in [-0.2, 0) is 6.61 Å². The summed E-state index contributed by atoms with van der Waals surface area (Å²) < 4.78 is 0. The first-order valence-corrected chi connectivity index (χ1v) is 5.59. The van der Waals surface area contributed by atoms with Crippen molar-refractivity contribution in [2.24, 2.45) is 0 Å². The minimum absolute atomic E-state index is 0.00566. The van der Waals surface area contributed by atoms with Crippen LogP contribution < -0.4 is 0 Å². The molecule has 0 amide bonds. The Bertz CT molecular complexity index is 363. The van der Waals surface area contributed by atoms with Crippen LogP contribution in [0.4, 0.5) is 0 Å². The van der Waals surface area contributed by atoms with E-state index in [9.17, 15) is 4.79 Å². The molecular formula is C10H10BrClO2. The van der Waals surface area contributed by atoms with Gasteiger partial charge in [0.1, 0.15) is 0 Å². The van der Waals surface area contributed by atoms with Crippen molar-refractivity contribution in [3.8, 4) is 0 Å². The zero-order valence-electron chi connectivity index (χ0n) is 7.68. The van der Waals surface area contributed by atoms with Crippen LogP contribution in [0.1, 0.15) is 21.5 Å². The van der Waals surface area contributed by atoms with E-state index in [1.807, 2.05) is 6.92 Å². The van der Waals surface area contributed by atoms with Gasteiger partial charge in [-0.1, -0.05) is 33.6 Å². The molecule has 0 atom stereocenters. The number of aliphatic hydroxyl groups is 1. The van der Waals surface area contributed by atoms with E-state index >= 15 is 0 Å². The molecule has 0 spiro atoms. The Morgan fingerprint density at radius 2 is 2.21 bits per heavy atom. The molecule has 1 rings (SSSR count). The van der Waals surface area contributed by atoms with Gasteiger partial charge >= 0.3 is 0 Å². The van der Waals surface area contributed by atoms with Crippen molar-refractivity contribution in [1.29, 1.82) is 0 Å². The summed E-state index contributed by atoms with van der Waals surface area (Å²) in [6.07, 6.45) is 0. The molecule has 0 aliphatic heterocycles. The first-order valence-electron chi connectivity index (χ1n) is 4.09. The maximum atomic E-state index is 11.4. The number of aryl methyl sites for hydroxylation is 1. The van der Waals surface area contributed by atoms with Gasteiger partial charge < -0.3 is 5.11 Å². The highest BCUT2D eigenvalue weighted by atomic mass is 79.9. The van der Waals surface area contributed by atoms with Gasteiger partial charge in [-0.2, -0.15) is 0 Å². The zero-order valence-corrected chi connectivity index (χ0v) is 10.0. The van der Waals surface area contributed by atoms with Crippen molar-refractivity contribution in [3.63, 3.8) is 0 Å². The molecule has 0 saturated heterocycles. The summed E-state index contributed by atoms with van der Waals surface area (Å²) >= 11 is 8.98. The van der Waals surface area contributed by atoms with Crippen LogP contribution in [0.15, 0.2) is 12.1 Å². The van der Waals surface area contributed by atoms with Crippen molar-refractivity contribution < 1.29 is 9.90 Å². The standard InChI is InChI=1S/C10H10BrClO2/c1-6-2-7(5-13)9(12)3-8(6)10(14)4-11/h2-3,13H,4-5H2,1H3. The molecule has 1 aromatic rings. The molecular weight excluding hydrogens is 267 g/mol. The second-order valence-electron chi connectivity index (χ2n) is 2.97. The molecule has 0 unspecified atom stereocenters. The summed E-state index contributed by atoms with van der Waals surface area (Å²) in [4.78, 5) is 11.4. The van der Waals surface area contributed by atoms with Gasteiger partial charge in [-0.3, -0.25) is 4.79 Å². The second-order valence-corrected chi connectivity index (χ2v) is 3.94. The quantitative estimate of drug-likeness (QED) is 0.681. The normalized spacial score (nSPS) is 10.3. The Morgan fingerprint density at radius 1 is 1.57 bits per heavy atom. The molecule has 0 fully saturated rings. The SMILES string of the molecule is Cc1cc(CO)c(Cl)cc1C(=O)CBr. The van der Waals surface area contributed by atoms with Gasteiger partial charge in [-0.05, 0) is 24.1 Å². The molecule has 0 bridgehead atoms. The molecule has 14 heavy (non-hydrogen) atoms. The largest absolute Gasteiger partial charge is 0.392 e. The van der Waals surface area contributed by atoms with Crippen molar-refractivity contribution in [2.45, 2.75) is 13.5 Å². The summed E-state index contributed by atoms with van der Waals surface area (Å²) in [6.45, 7) is 1.72. The van der Waals surface area contributed by atoms with Gasteiger partial charge in [-0.25, -0.2) is 0 Å². The molecule has 0 aromatic heterocycles. The van der Waals surface area contributed by atoms with E-state index in [-0.39, 0.29) is 17.7 Å². The maximum absolute atomic E-state index is 11.4. The lowest BCUT2D eigenvalue weighted by atomic mass is 10.0. The third-order valence-electron chi connectivity index (χ3n) is 1.99. The van der Waals surface area contributed by atoms with E-state index in [0.717, 1.165) is 5.56 Å². The lowest BCUT2D eigenvalue weighted by Crippen LogP contribution is -2.04. The van der Waals surface area contributed by atoms with E-state index in [4.69, 9.17) is 16.7 Å². The lowest BCUT2D eigenvalue weighted by Gasteiger charge is -2.07. The van der Waals surface area contributed by atoms with Gasteiger partial charge in [0.2, 0.25) is 0 Å². The first kappa shape index (κ1) is 11.7. The number of aliphatic hydroxyl groups excluding tert-OH is 1. The molecule has 0 aliphatic carbocycles. The molecule has 76 valence electrons. The summed E-state index contributed by atoms with van der Waals surface area (Å²) in [5.74, 6) is -0.00566. The molecule has 1 N–H and O–H groups in total. The smallest absolute Gasteiger partial charge is 0.173 e. The van der Waals surface area contributed by atoms with Gasteiger partial charge in [0.25, 0.3) is 0 Å². The number of ketones is 1. The lowest BCUT2D eigenvalue weighted by molar-refractivity contribution is 0.102. The Hall–Kier alpha value is -0.380. The van der Waals surface area contributed by atoms with Gasteiger partial charge in [-0.15, -0.1) is 0 Å². The minimum Gasteiger partial charge on any atom is -0.392 e. The number of hydrogen-bond donors (Lipinski definition) is 1. The average molecular weight is 278 g/mol. The Labute approximate surface area is 96.0 Å². The van der Waals surface area contributed by atoms with Crippen LogP contribution in [0, 0.1) is 6.92 Å². The number of halogens is 2. The van der Waals surface area contributed by atoms with Crippen molar-refractivity contribution >= 4 is 33.3 Å². The highest BCUT2D eigenvalue weighted by Gasteiger charge is 2.10. The average Bonchev–Trinajstić information content (AvgIpc) is 2.19. The zero-order chi connectivity index (χ0) is 10.7. The minimum atomic E-state index is -0.109.